The molecule has 0 saturated carbocycles. The zero-order chi connectivity index (χ0) is 19.2. The van der Waals surface area contributed by atoms with Crippen LogP contribution in [0.5, 0.6) is 0 Å². The van der Waals surface area contributed by atoms with Crippen molar-refractivity contribution in [2.75, 3.05) is 36.5 Å². The molecule has 2 aliphatic rings. The van der Waals surface area contributed by atoms with Gasteiger partial charge in [-0.15, -0.1) is 0 Å². The topological polar surface area (TPSA) is 82.7 Å². The van der Waals surface area contributed by atoms with Crippen LogP contribution in [0.3, 0.4) is 0 Å². The summed E-state index contributed by atoms with van der Waals surface area (Å²) in [6.07, 6.45) is 3.68. The van der Waals surface area contributed by atoms with Gasteiger partial charge >= 0.3 is 12.0 Å². The van der Waals surface area contributed by atoms with E-state index in [0.29, 0.717) is 24.4 Å². The Kier molecular flexibility index (Phi) is 6.21. The minimum atomic E-state index is -0.404. The molecule has 146 valence electrons. The van der Waals surface area contributed by atoms with Gasteiger partial charge in [0.25, 0.3) is 0 Å². The molecule has 0 bridgehead atoms. The number of anilines is 2. The Balaban J connectivity index is 1.80. The molecule has 0 aromatic heterocycles. The molecule has 1 fully saturated rings. The summed E-state index contributed by atoms with van der Waals surface area (Å²) in [7, 11) is 0. The van der Waals surface area contributed by atoms with Gasteiger partial charge in [0, 0.05) is 13.1 Å². The van der Waals surface area contributed by atoms with Gasteiger partial charge < -0.3 is 25.6 Å². The van der Waals surface area contributed by atoms with Gasteiger partial charge in [0.2, 0.25) is 0 Å². The van der Waals surface area contributed by atoms with Crippen molar-refractivity contribution in [1.82, 2.24) is 10.6 Å². The van der Waals surface area contributed by atoms with Gasteiger partial charge in [-0.25, -0.2) is 9.59 Å². The number of hydrogen-bond donors (Lipinski definition) is 3. The van der Waals surface area contributed by atoms with Crippen LogP contribution < -0.4 is 20.9 Å². The lowest BCUT2D eigenvalue weighted by Gasteiger charge is -2.31. The molecule has 1 saturated heterocycles. The summed E-state index contributed by atoms with van der Waals surface area (Å²) in [6, 6.07) is 7.45. The SMILES string of the molecule is CCOC(=O)C1=C(CNc2ccccc2N2CCCCC2)NC(=O)N[C@H]1C. The monoisotopic (exact) mass is 372 g/mol. The first-order chi connectivity index (χ1) is 13.1. The normalized spacial score (nSPS) is 20.0. The average Bonchev–Trinajstić information content (AvgIpc) is 2.67. The number of amides is 2. The highest BCUT2D eigenvalue weighted by Gasteiger charge is 2.29. The van der Waals surface area contributed by atoms with E-state index < -0.39 is 12.0 Å². The van der Waals surface area contributed by atoms with E-state index in [4.69, 9.17) is 4.74 Å². The van der Waals surface area contributed by atoms with Gasteiger partial charge in [-0.3, -0.25) is 0 Å². The molecular weight excluding hydrogens is 344 g/mol. The number of rotatable bonds is 6. The first-order valence-electron chi connectivity index (χ1n) is 9.65. The summed E-state index contributed by atoms with van der Waals surface area (Å²) in [5.41, 5.74) is 3.16. The fourth-order valence-electron chi connectivity index (χ4n) is 3.64. The average molecular weight is 372 g/mol. The van der Waals surface area contributed by atoms with E-state index in [0.717, 1.165) is 24.5 Å². The van der Waals surface area contributed by atoms with Gasteiger partial charge in [-0.2, -0.15) is 0 Å². The van der Waals surface area contributed by atoms with Crippen LogP contribution >= 0.6 is 0 Å². The van der Waals surface area contributed by atoms with Gasteiger partial charge in [0.1, 0.15) is 0 Å². The number of carbonyl (C=O) groups is 2. The Morgan fingerprint density at radius 1 is 1.26 bits per heavy atom. The maximum absolute atomic E-state index is 12.3. The predicted octanol–water partition coefficient (Wildman–Crippen LogP) is 2.61. The molecule has 1 aromatic carbocycles. The summed E-state index contributed by atoms with van der Waals surface area (Å²) in [5.74, 6) is -0.404. The fraction of sp³-hybridized carbons (Fsp3) is 0.500. The standard InChI is InChI=1S/C20H28N4O3/c1-3-27-19(25)18-14(2)22-20(26)23-16(18)13-21-15-9-5-6-10-17(15)24-11-7-4-8-12-24/h5-6,9-10,14,21H,3-4,7-8,11-13H2,1-2H3,(H2,22,23,26)/t14-/m0/s1. The highest BCUT2D eigenvalue weighted by Crippen LogP contribution is 2.28. The van der Waals surface area contributed by atoms with Crippen molar-refractivity contribution in [1.29, 1.82) is 0 Å². The van der Waals surface area contributed by atoms with Crippen LogP contribution in [0.1, 0.15) is 33.1 Å². The summed E-state index contributed by atoms with van der Waals surface area (Å²) >= 11 is 0. The molecule has 1 aromatic rings. The molecule has 7 nitrogen and oxygen atoms in total. The minimum Gasteiger partial charge on any atom is -0.463 e. The molecule has 2 amide bonds. The number of nitrogens with one attached hydrogen (secondary N) is 3. The second-order valence-corrected chi connectivity index (χ2v) is 6.85. The lowest BCUT2D eigenvalue weighted by atomic mass is 10.0. The second-order valence-electron chi connectivity index (χ2n) is 6.85. The van der Waals surface area contributed by atoms with Crippen LogP contribution in [0.15, 0.2) is 35.5 Å². The number of para-hydroxylation sites is 2. The molecule has 7 heteroatoms. The Bertz CT molecular complexity index is 726. The van der Waals surface area contributed by atoms with Gasteiger partial charge in [-0.05, 0) is 45.2 Å². The molecule has 0 radical (unpaired) electrons. The van der Waals surface area contributed by atoms with Crippen LogP contribution in [0, 0.1) is 0 Å². The molecule has 3 rings (SSSR count). The number of hydrogen-bond acceptors (Lipinski definition) is 5. The van der Waals surface area contributed by atoms with Crippen molar-refractivity contribution in [3.8, 4) is 0 Å². The number of carbonyl (C=O) groups excluding carboxylic acids is 2. The number of ether oxygens (including phenoxy) is 1. The lowest BCUT2D eigenvalue weighted by molar-refractivity contribution is -0.138. The Morgan fingerprint density at radius 3 is 2.74 bits per heavy atom. The van der Waals surface area contributed by atoms with Crippen LogP contribution in [0.2, 0.25) is 0 Å². The molecule has 27 heavy (non-hydrogen) atoms. The summed E-state index contributed by atoms with van der Waals surface area (Å²) in [4.78, 5) is 26.6. The van der Waals surface area contributed by atoms with Gasteiger partial charge in [-0.1, -0.05) is 12.1 Å². The molecule has 0 aliphatic carbocycles. The van der Waals surface area contributed by atoms with E-state index in [2.05, 4.69) is 26.9 Å². The van der Waals surface area contributed by atoms with Crippen molar-refractivity contribution in [3.63, 3.8) is 0 Å². The van der Waals surface area contributed by atoms with Crippen LogP contribution in [-0.2, 0) is 9.53 Å². The maximum atomic E-state index is 12.3. The molecule has 2 heterocycles. The first kappa shape index (κ1) is 19.1. The molecule has 0 unspecified atom stereocenters. The summed E-state index contributed by atoms with van der Waals surface area (Å²) in [6.45, 7) is 6.29. The van der Waals surface area contributed by atoms with Crippen molar-refractivity contribution in [3.05, 3.63) is 35.5 Å². The zero-order valence-corrected chi connectivity index (χ0v) is 16.0. The van der Waals surface area contributed by atoms with Crippen molar-refractivity contribution in [2.24, 2.45) is 0 Å². The van der Waals surface area contributed by atoms with Gasteiger partial charge in [0.15, 0.2) is 0 Å². The molecular formula is C20H28N4O3. The molecule has 2 aliphatic heterocycles. The predicted molar refractivity (Wildman–Crippen MR) is 106 cm³/mol. The smallest absolute Gasteiger partial charge is 0.337 e. The van der Waals surface area contributed by atoms with E-state index in [9.17, 15) is 9.59 Å². The third-order valence-corrected chi connectivity index (χ3v) is 4.92. The highest BCUT2D eigenvalue weighted by molar-refractivity contribution is 5.95. The van der Waals surface area contributed by atoms with Gasteiger partial charge in [0.05, 0.1) is 41.8 Å². The number of urea groups is 1. The van der Waals surface area contributed by atoms with E-state index >= 15 is 0 Å². The van der Waals surface area contributed by atoms with E-state index in [1.54, 1.807) is 13.8 Å². The fourth-order valence-corrected chi connectivity index (χ4v) is 3.64. The van der Waals surface area contributed by atoms with Crippen LogP contribution in [0.25, 0.3) is 0 Å². The number of esters is 1. The summed E-state index contributed by atoms with van der Waals surface area (Å²) < 4.78 is 5.16. The van der Waals surface area contributed by atoms with E-state index in [-0.39, 0.29) is 6.03 Å². The Hall–Kier alpha value is -2.70. The van der Waals surface area contributed by atoms with Crippen molar-refractivity contribution >= 4 is 23.4 Å². The lowest BCUT2D eigenvalue weighted by Crippen LogP contribution is -2.50. The molecule has 1 atom stereocenters. The quantitative estimate of drug-likeness (QED) is 0.669. The number of nitrogens with zero attached hydrogens (tertiary/aromatic N) is 1. The van der Waals surface area contributed by atoms with E-state index in [1.165, 1.54) is 19.3 Å². The zero-order valence-electron chi connectivity index (χ0n) is 16.0. The third kappa shape index (κ3) is 4.53. The summed E-state index contributed by atoms with van der Waals surface area (Å²) in [5, 5.41) is 8.87. The molecule has 0 spiro atoms. The van der Waals surface area contributed by atoms with E-state index in [1.807, 2.05) is 18.2 Å². The highest BCUT2D eigenvalue weighted by atomic mass is 16.5. The van der Waals surface area contributed by atoms with Crippen molar-refractivity contribution < 1.29 is 14.3 Å². The number of benzene rings is 1. The third-order valence-electron chi connectivity index (χ3n) is 4.92. The Morgan fingerprint density at radius 2 is 2.00 bits per heavy atom. The second kappa shape index (κ2) is 8.79. The Labute approximate surface area is 160 Å². The largest absolute Gasteiger partial charge is 0.463 e. The van der Waals surface area contributed by atoms with Crippen LogP contribution in [0.4, 0.5) is 16.2 Å². The number of piperidine rings is 1. The molecule has 3 N–H and O–H groups in total. The maximum Gasteiger partial charge on any atom is 0.337 e. The first-order valence-corrected chi connectivity index (χ1v) is 9.65. The van der Waals surface area contributed by atoms with Crippen LogP contribution in [-0.4, -0.2) is 44.3 Å². The van der Waals surface area contributed by atoms with Crippen molar-refractivity contribution in [2.45, 2.75) is 39.2 Å². The minimum absolute atomic E-state index is 0.293.